The van der Waals surface area contributed by atoms with Crippen molar-refractivity contribution in [2.45, 2.75) is 45.6 Å². The first kappa shape index (κ1) is 14.3. The molecular weight excluding hydrogens is 260 g/mol. The molecule has 0 spiro atoms. The highest BCUT2D eigenvalue weighted by Crippen LogP contribution is 2.25. The highest BCUT2D eigenvalue weighted by Gasteiger charge is 2.28. The van der Waals surface area contributed by atoms with E-state index in [0.717, 1.165) is 19.4 Å². The highest BCUT2D eigenvalue weighted by molar-refractivity contribution is 6.29. The van der Waals surface area contributed by atoms with Crippen LogP contribution in [0.2, 0.25) is 5.15 Å². The third-order valence-electron chi connectivity index (χ3n) is 3.52. The van der Waals surface area contributed by atoms with E-state index in [4.69, 9.17) is 11.6 Å². The molecule has 1 aromatic heterocycles. The van der Waals surface area contributed by atoms with E-state index in [1.54, 1.807) is 18.2 Å². The summed E-state index contributed by atoms with van der Waals surface area (Å²) >= 11 is 5.88. The van der Waals surface area contributed by atoms with Crippen molar-refractivity contribution < 1.29 is 4.79 Å². The molecule has 4 heteroatoms. The first-order valence-electron chi connectivity index (χ1n) is 7.01. The van der Waals surface area contributed by atoms with E-state index in [0.29, 0.717) is 22.8 Å². The van der Waals surface area contributed by atoms with Crippen molar-refractivity contribution in [2.75, 3.05) is 6.54 Å². The number of hydrogen-bond acceptors (Lipinski definition) is 2. The molecule has 1 saturated carbocycles. The number of halogens is 1. The second-order valence-electron chi connectivity index (χ2n) is 5.64. The second-order valence-corrected chi connectivity index (χ2v) is 6.02. The molecule has 0 bridgehead atoms. The molecule has 0 N–H and O–H groups in total. The molecule has 0 aromatic carbocycles. The molecule has 1 aliphatic rings. The highest BCUT2D eigenvalue weighted by atomic mass is 35.5. The monoisotopic (exact) mass is 280 g/mol. The average molecular weight is 281 g/mol. The van der Waals surface area contributed by atoms with Crippen molar-refractivity contribution in [1.29, 1.82) is 0 Å². The smallest absolute Gasteiger partial charge is 0.272 e. The van der Waals surface area contributed by atoms with Gasteiger partial charge >= 0.3 is 0 Å². The van der Waals surface area contributed by atoms with Crippen molar-refractivity contribution in [3.05, 3.63) is 29.0 Å². The van der Waals surface area contributed by atoms with Crippen LogP contribution in [0.4, 0.5) is 0 Å². The van der Waals surface area contributed by atoms with E-state index < -0.39 is 0 Å². The molecule has 0 aliphatic heterocycles. The van der Waals surface area contributed by atoms with Gasteiger partial charge in [-0.2, -0.15) is 0 Å². The van der Waals surface area contributed by atoms with Crippen molar-refractivity contribution in [2.24, 2.45) is 5.92 Å². The maximum absolute atomic E-state index is 12.6. The molecule has 0 radical (unpaired) electrons. The van der Waals surface area contributed by atoms with Crippen LogP contribution in [0.3, 0.4) is 0 Å². The standard InChI is InChI=1S/C15H21ClN2O/c1-11(2)10-18(12-6-3-4-7-12)15(19)13-8-5-9-14(16)17-13/h5,8-9,11-12H,3-4,6-7,10H2,1-2H3. The molecule has 0 atom stereocenters. The third kappa shape index (κ3) is 3.69. The predicted octanol–water partition coefficient (Wildman–Crippen LogP) is 3.78. The van der Waals surface area contributed by atoms with E-state index in [-0.39, 0.29) is 5.91 Å². The minimum absolute atomic E-state index is 0.0168. The first-order chi connectivity index (χ1) is 9.08. The van der Waals surface area contributed by atoms with Gasteiger partial charge in [0.05, 0.1) is 0 Å². The Labute approximate surface area is 120 Å². The number of pyridine rings is 1. The van der Waals surface area contributed by atoms with Gasteiger partial charge in [0, 0.05) is 12.6 Å². The fourth-order valence-electron chi connectivity index (χ4n) is 2.68. The summed E-state index contributed by atoms with van der Waals surface area (Å²) in [6.45, 7) is 5.07. The van der Waals surface area contributed by atoms with Crippen LogP contribution in [-0.2, 0) is 0 Å². The van der Waals surface area contributed by atoms with Gasteiger partial charge in [0.2, 0.25) is 0 Å². The van der Waals surface area contributed by atoms with Gasteiger partial charge in [-0.25, -0.2) is 4.98 Å². The van der Waals surface area contributed by atoms with Crippen LogP contribution in [0.5, 0.6) is 0 Å². The van der Waals surface area contributed by atoms with Crippen LogP contribution < -0.4 is 0 Å². The summed E-state index contributed by atoms with van der Waals surface area (Å²) in [7, 11) is 0. The van der Waals surface area contributed by atoms with Crippen LogP contribution in [0, 0.1) is 5.92 Å². The largest absolute Gasteiger partial charge is 0.334 e. The van der Waals surface area contributed by atoms with Crippen LogP contribution in [0.25, 0.3) is 0 Å². The molecular formula is C15H21ClN2O. The third-order valence-corrected chi connectivity index (χ3v) is 3.73. The molecule has 1 fully saturated rings. The molecule has 104 valence electrons. The Morgan fingerprint density at radius 3 is 2.68 bits per heavy atom. The Bertz CT molecular complexity index is 442. The molecule has 19 heavy (non-hydrogen) atoms. The molecule has 0 saturated heterocycles. The zero-order valence-corrected chi connectivity index (χ0v) is 12.4. The van der Waals surface area contributed by atoms with Gasteiger partial charge in [-0.05, 0) is 30.9 Å². The molecule has 2 rings (SSSR count). The van der Waals surface area contributed by atoms with Crippen LogP contribution in [-0.4, -0.2) is 28.4 Å². The van der Waals surface area contributed by atoms with E-state index in [2.05, 4.69) is 18.8 Å². The fraction of sp³-hybridized carbons (Fsp3) is 0.600. The van der Waals surface area contributed by atoms with E-state index in [1.807, 2.05) is 4.90 Å². The summed E-state index contributed by atoms with van der Waals surface area (Å²) in [4.78, 5) is 18.8. The van der Waals surface area contributed by atoms with E-state index in [1.165, 1.54) is 12.8 Å². The molecule has 1 heterocycles. The maximum Gasteiger partial charge on any atom is 0.272 e. The van der Waals surface area contributed by atoms with Crippen LogP contribution in [0.1, 0.15) is 50.0 Å². The molecule has 1 aromatic rings. The average Bonchev–Trinajstić information content (AvgIpc) is 2.88. The fourth-order valence-corrected chi connectivity index (χ4v) is 2.85. The van der Waals surface area contributed by atoms with Gasteiger partial charge in [0.1, 0.15) is 10.8 Å². The van der Waals surface area contributed by atoms with E-state index in [9.17, 15) is 4.79 Å². The quantitative estimate of drug-likeness (QED) is 0.787. The summed E-state index contributed by atoms with van der Waals surface area (Å²) in [6, 6.07) is 5.60. The van der Waals surface area contributed by atoms with Gasteiger partial charge in [0.15, 0.2) is 0 Å². The second kappa shape index (κ2) is 6.38. The van der Waals surface area contributed by atoms with Gasteiger partial charge in [0.25, 0.3) is 5.91 Å². The van der Waals surface area contributed by atoms with Crippen molar-refractivity contribution in [1.82, 2.24) is 9.88 Å². The van der Waals surface area contributed by atoms with Crippen LogP contribution in [0.15, 0.2) is 18.2 Å². The minimum Gasteiger partial charge on any atom is -0.334 e. The lowest BCUT2D eigenvalue weighted by Gasteiger charge is -2.30. The number of aromatic nitrogens is 1. The van der Waals surface area contributed by atoms with Crippen molar-refractivity contribution in [3.8, 4) is 0 Å². The SMILES string of the molecule is CC(C)CN(C(=O)c1cccc(Cl)n1)C1CCCC1. The lowest BCUT2D eigenvalue weighted by Crippen LogP contribution is -2.41. The first-order valence-corrected chi connectivity index (χ1v) is 7.39. The Morgan fingerprint density at radius 1 is 1.42 bits per heavy atom. The molecule has 3 nitrogen and oxygen atoms in total. The Morgan fingerprint density at radius 2 is 2.11 bits per heavy atom. The normalized spacial score (nSPS) is 16.0. The van der Waals surface area contributed by atoms with E-state index >= 15 is 0 Å². The summed E-state index contributed by atoms with van der Waals surface area (Å²) in [6.07, 6.45) is 4.66. The maximum atomic E-state index is 12.6. The number of hydrogen-bond donors (Lipinski definition) is 0. The minimum atomic E-state index is 0.0168. The zero-order chi connectivity index (χ0) is 13.8. The van der Waals surface area contributed by atoms with Crippen molar-refractivity contribution >= 4 is 17.5 Å². The number of rotatable bonds is 4. The summed E-state index contributed by atoms with van der Waals surface area (Å²) in [5.41, 5.74) is 0.458. The molecule has 1 amide bonds. The Hall–Kier alpha value is -1.09. The molecule has 0 unspecified atom stereocenters. The van der Waals surface area contributed by atoms with Gasteiger partial charge in [-0.3, -0.25) is 4.79 Å². The zero-order valence-electron chi connectivity index (χ0n) is 11.6. The predicted molar refractivity (Wildman–Crippen MR) is 77.4 cm³/mol. The number of nitrogens with zero attached hydrogens (tertiary/aromatic N) is 2. The number of carbonyl (C=O) groups is 1. The Balaban J connectivity index is 2.19. The topological polar surface area (TPSA) is 33.2 Å². The van der Waals surface area contributed by atoms with Crippen LogP contribution >= 0.6 is 11.6 Å². The van der Waals surface area contributed by atoms with Gasteiger partial charge in [-0.1, -0.05) is 44.4 Å². The lowest BCUT2D eigenvalue weighted by molar-refractivity contribution is 0.0649. The summed E-state index contributed by atoms with van der Waals surface area (Å²) in [5, 5.41) is 0.377. The Kier molecular flexibility index (Phi) is 4.81. The van der Waals surface area contributed by atoms with Gasteiger partial charge in [-0.15, -0.1) is 0 Å². The number of carbonyl (C=O) groups excluding carboxylic acids is 1. The molecule has 1 aliphatic carbocycles. The van der Waals surface area contributed by atoms with Crippen molar-refractivity contribution in [3.63, 3.8) is 0 Å². The summed E-state index contributed by atoms with van der Waals surface area (Å²) in [5.74, 6) is 0.479. The lowest BCUT2D eigenvalue weighted by atomic mass is 10.1. The van der Waals surface area contributed by atoms with Gasteiger partial charge < -0.3 is 4.90 Å². The summed E-state index contributed by atoms with van der Waals surface area (Å²) < 4.78 is 0. The number of amides is 1.